The van der Waals surface area contributed by atoms with Gasteiger partial charge in [-0.3, -0.25) is 4.79 Å². The van der Waals surface area contributed by atoms with Crippen LogP contribution in [0.3, 0.4) is 0 Å². The third-order valence-corrected chi connectivity index (χ3v) is 6.56. The number of anilines is 1. The highest BCUT2D eigenvalue weighted by Gasteiger charge is 2.30. The van der Waals surface area contributed by atoms with Gasteiger partial charge in [0.1, 0.15) is 17.0 Å². The Morgan fingerprint density at radius 1 is 1.00 bits per heavy atom. The number of H-pyrrole nitrogens is 1. The van der Waals surface area contributed by atoms with Gasteiger partial charge in [0.2, 0.25) is 5.91 Å². The minimum atomic E-state index is 0.0397. The van der Waals surface area contributed by atoms with Crippen molar-refractivity contribution in [2.45, 2.75) is 31.6 Å². The van der Waals surface area contributed by atoms with Crippen LogP contribution in [0.15, 0.2) is 42.5 Å². The summed E-state index contributed by atoms with van der Waals surface area (Å²) in [7, 11) is 0. The fourth-order valence-corrected chi connectivity index (χ4v) is 4.67. The lowest BCUT2D eigenvalue weighted by Gasteiger charge is -2.34. The van der Waals surface area contributed by atoms with E-state index < -0.39 is 0 Å². The molecule has 3 aliphatic rings. The van der Waals surface area contributed by atoms with Gasteiger partial charge in [-0.05, 0) is 49.9 Å². The number of piperidine rings is 1. The lowest BCUT2D eigenvalue weighted by molar-refractivity contribution is -0.134. The Morgan fingerprint density at radius 2 is 1.87 bits per heavy atom. The molecule has 0 radical (unpaired) electrons. The lowest BCUT2D eigenvalue weighted by atomic mass is 9.96. The second-order valence-corrected chi connectivity index (χ2v) is 8.84. The van der Waals surface area contributed by atoms with Gasteiger partial charge in [0.25, 0.3) is 0 Å². The van der Waals surface area contributed by atoms with Gasteiger partial charge in [0.05, 0.1) is 5.92 Å². The van der Waals surface area contributed by atoms with E-state index in [4.69, 9.17) is 15.0 Å². The molecule has 31 heavy (non-hydrogen) atoms. The zero-order chi connectivity index (χ0) is 20.8. The number of carbonyl (C=O) groups is 1. The van der Waals surface area contributed by atoms with E-state index in [0.29, 0.717) is 5.92 Å². The smallest absolute Gasteiger partial charge is 0.228 e. The Morgan fingerprint density at radius 3 is 2.71 bits per heavy atom. The number of nitrogens with one attached hydrogen (secondary N) is 1. The van der Waals surface area contributed by atoms with Gasteiger partial charge in [0, 0.05) is 37.8 Å². The van der Waals surface area contributed by atoms with Crippen LogP contribution in [-0.2, 0) is 4.79 Å². The number of hydrogen-bond acceptors (Lipinski definition) is 5. The van der Waals surface area contributed by atoms with Gasteiger partial charge < -0.3 is 14.8 Å². The van der Waals surface area contributed by atoms with Crippen LogP contribution >= 0.6 is 0 Å². The first kappa shape index (κ1) is 18.5. The molecule has 2 fully saturated rings. The number of fused-ring (bicyclic) bond motifs is 1. The monoisotopic (exact) mass is 414 g/mol. The fourth-order valence-electron chi connectivity index (χ4n) is 4.67. The third kappa shape index (κ3) is 3.58. The number of aromatic amines is 1. The van der Waals surface area contributed by atoms with E-state index in [0.717, 1.165) is 73.2 Å². The molecular weight excluding hydrogens is 388 g/mol. The lowest BCUT2D eigenvalue weighted by Crippen LogP contribution is -2.44. The Bertz CT molecular complexity index is 1160. The van der Waals surface area contributed by atoms with Crippen molar-refractivity contribution < 1.29 is 4.79 Å². The summed E-state index contributed by atoms with van der Waals surface area (Å²) in [6, 6.07) is 10.2. The average Bonchev–Trinajstić information content (AvgIpc) is 3.35. The number of pyridine rings is 2. The van der Waals surface area contributed by atoms with Crippen molar-refractivity contribution in [3.63, 3.8) is 0 Å². The van der Waals surface area contributed by atoms with Crippen molar-refractivity contribution in [3.05, 3.63) is 48.2 Å². The number of imidazole rings is 1. The predicted octanol–water partition coefficient (Wildman–Crippen LogP) is 3.51. The summed E-state index contributed by atoms with van der Waals surface area (Å²) < 4.78 is 0. The third-order valence-electron chi connectivity index (χ3n) is 6.56. The van der Waals surface area contributed by atoms with E-state index in [1.165, 1.54) is 12.8 Å². The first-order chi connectivity index (χ1) is 15.2. The molecule has 1 atom stereocenters. The second kappa shape index (κ2) is 7.48. The molecule has 1 aliphatic carbocycles. The van der Waals surface area contributed by atoms with Crippen LogP contribution in [0.25, 0.3) is 22.7 Å². The molecule has 158 valence electrons. The maximum Gasteiger partial charge on any atom is 0.228 e. The zero-order valence-electron chi connectivity index (χ0n) is 17.5. The maximum atomic E-state index is 12.8. The van der Waals surface area contributed by atoms with Crippen LogP contribution in [0.1, 0.15) is 37.3 Å². The fraction of sp³-hybridized carbons (Fsp3) is 0.417. The maximum absolute atomic E-state index is 12.8. The Balaban J connectivity index is 1.23. The standard InChI is InChI=1S/C24H26N6O/c31-24(29-12-1-2-13-29)17-5-4-14-30(15-17)21-11-10-20-23(27-21)28-22(26-20)19-7-3-6-18(25-19)16-8-9-16/h1-3,6-7,10-11,16-17H,4-5,8-9,12-15H2,(H,26,27,28). The van der Waals surface area contributed by atoms with Crippen molar-refractivity contribution in [1.82, 2.24) is 24.8 Å². The van der Waals surface area contributed by atoms with E-state index in [-0.39, 0.29) is 11.8 Å². The molecule has 1 saturated heterocycles. The molecule has 0 aromatic carbocycles. The highest BCUT2D eigenvalue weighted by Crippen LogP contribution is 2.39. The van der Waals surface area contributed by atoms with Crippen molar-refractivity contribution in [1.29, 1.82) is 0 Å². The Labute approximate surface area is 181 Å². The molecule has 6 rings (SSSR count). The van der Waals surface area contributed by atoms with Gasteiger partial charge in [-0.2, -0.15) is 0 Å². The van der Waals surface area contributed by atoms with Crippen LogP contribution in [0, 0.1) is 5.92 Å². The second-order valence-electron chi connectivity index (χ2n) is 8.84. The molecule has 0 bridgehead atoms. The summed E-state index contributed by atoms with van der Waals surface area (Å²) in [6.45, 7) is 3.13. The van der Waals surface area contributed by atoms with Gasteiger partial charge in [-0.15, -0.1) is 0 Å². The molecule has 3 aromatic heterocycles. The van der Waals surface area contributed by atoms with Crippen LogP contribution in [-0.4, -0.2) is 56.9 Å². The summed E-state index contributed by atoms with van der Waals surface area (Å²) in [6.07, 6.45) is 8.55. The first-order valence-corrected chi connectivity index (χ1v) is 11.3. The summed E-state index contributed by atoms with van der Waals surface area (Å²) in [5, 5.41) is 0. The Kier molecular flexibility index (Phi) is 4.47. The van der Waals surface area contributed by atoms with Crippen molar-refractivity contribution in [2.75, 3.05) is 31.1 Å². The molecule has 0 spiro atoms. The summed E-state index contributed by atoms with van der Waals surface area (Å²) in [4.78, 5) is 34.8. The summed E-state index contributed by atoms with van der Waals surface area (Å²) in [5.74, 6) is 2.58. The molecule has 1 unspecified atom stereocenters. The first-order valence-electron chi connectivity index (χ1n) is 11.3. The minimum absolute atomic E-state index is 0.0397. The zero-order valence-corrected chi connectivity index (χ0v) is 17.5. The number of amides is 1. The molecule has 1 amide bonds. The SMILES string of the molecule is O=C(C1CCCN(c2ccc3nc(-c4cccc(C5CC5)n4)[nH]c3n2)C1)N1CC=CC1. The highest BCUT2D eigenvalue weighted by atomic mass is 16.2. The quantitative estimate of drug-likeness (QED) is 0.661. The largest absolute Gasteiger partial charge is 0.356 e. The van der Waals surface area contributed by atoms with Gasteiger partial charge >= 0.3 is 0 Å². The topological polar surface area (TPSA) is 78.0 Å². The molecule has 7 nitrogen and oxygen atoms in total. The van der Waals surface area contributed by atoms with Crippen molar-refractivity contribution >= 4 is 22.9 Å². The van der Waals surface area contributed by atoms with Crippen LogP contribution in [0.2, 0.25) is 0 Å². The predicted molar refractivity (Wildman–Crippen MR) is 120 cm³/mol. The van der Waals surface area contributed by atoms with E-state index >= 15 is 0 Å². The van der Waals surface area contributed by atoms with Crippen molar-refractivity contribution in [3.8, 4) is 11.5 Å². The molecule has 2 aliphatic heterocycles. The van der Waals surface area contributed by atoms with Gasteiger partial charge in [0.15, 0.2) is 11.5 Å². The van der Waals surface area contributed by atoms with Crippen LogP contribution < -0.4 is 4.90 Å². The number of aromatic nitrogens is 4. The van der Waals surface area contributed by atoms with Crippen molar-refractivity contribution in [2.24, 2.45) is 5.92 Å². The van der Waals surface area contributed by atoms with Crippen LogP contribution in [0.5, 0.6) is 0 Å². The summed E-state index contributed by atoms with van der Waals surface area (Å²) in [5.41, 5.74) is 3.63. The normalized spacial score (nSPS) is 21.2. The molecule has 1 N–H and O–H groups in total. The van der Waals surface area contributed by atoms with E-state index in [9.17, 15) is 4.79 Å². The molecular formula is C24H26N6O. The number of carbonyl (C=O) groups excluding carboxylic acids is 1. The van der Waals surface area contributed by atoms with E-state index in [1.807, 2.05) is 23.1 Å². The van der Waals surface area contributed by atoms with E-state index in [2.05, 4.69) is 34.2 Å². The van der Waals surface area contributed by atoms with E-state index in [1.54, 1.807) is 0 Å². The molecule has 7 heteroatoms. The summed E-state index contributed by atoms with van der Waals surface area (Å²) >= 11 is 0. The highest BCUT2D eigenvalue weighted by molar-refractivity contribution is 5.81. The number of hydrogen-bond donors (Lipinski definition) is 1. The van der Waals surface area contributed by atoms with Gasteiger partial charge in [-0.25, -0.2) is 15.0 Å². The number of nitrogens with zero attached hydrogens (tertiary/aromatic N) is 5. The van der Waals surface area contributed by atoms with Gasteiger partial charge in [-0.1, -0.05) is 18.2 Å². The number of rotatable bonds is 4. The molecule has 5 heterocycles. The Hall–Kier alpha value is -3.22. The average molecular weight is 415 g/mol. The molecule has 3 aromatic rings. The minimum Gasteiger partial charge on any atom is -0.356 e. The molecule has 1 saturated carbocycles. The van der Waals surface area contributed by atoms with Crippen LogP contribution in [0.4, 0.5) is 5.82 Å².